The van der Waals surface area contributed by atoms with E-state index in [1.54, 1.807) is 6.20 Å². The molecule has 11 heteroatoms. The monoisotopic (exact) mass is 398 g/mol. The van der Waals surface area contributed by atoms with Gasteiger partial charge in [0.2, 0.25) is 0 Å². The highest BCUT2D eigenvalue weighted by molar-refractivity contribution is 6.02. The fraction of sp³-hybridized carbons (Fsp3) is 0.111. The Kier molecular flexibility index (Phi) is 5.21. The molecule has 1 aromatic carbocycles. The third-order valence-electron chi connectivity index (χ3n) is 4.37. The minimum Gasteiger partial charge on any atom is -0.478 e. The average molecular weight is 398 g/mol. The molecule has 11 nitrogen and oxygen atoms in total. The molecule has 1 aliphatic heterocycles. The Morgan fingerprint density at radius 1 is 1.28 bits per heavy atom. The van der Waals surface area contributed by atoms with E-state index in [4.69, 9.17) is 0 Å². The summed E-state index contributed by atoms with van der Waals surface area (Å²) in [5.41, 5.74) is -1.36. The second-order valence-electron chi connectivity index (χ2n) is 6.09. The number of carbonyl (C=O) groups excluding carboxylic acids is 1. The minimum absolute atomic E-state index is 0.0305. The largest absolute Gasteiger partial charge is 0.478 e. The molecule has 148 valence electrons. The summed E-state index contributed by atoms with van der Waals surface area (Å²) in [6.07, 6.45) is 4.74. The van der Waals surface area contributed by atoms with Crippen molar-refractivity contribution in [2.45, 2.75) is 12.5 Å². The van der Waals surface area contributed by atoms with Crippen molar-refractivity contribution in [3.05, 3.63) is 81.2 Å². The summed E-state index contributed by atoms with van der Waals surface area (Å²) in [6.45, 7) is -0.0305. The van der Waals surface area contributed by atoms with E-state index in [2.05, 4.69) is 10.3 Å². The molecule has 1 unspecified atom stereocenters. The van der Waals surface area contributed by atoms with E-state index in [0.717, 1.165) is 6.07 Å². The van der Waals surface area contributed by atoms with Crippen molar-refractivity contribution in [3.8, 4) is 0 Å². The van der Waals surface area contributed by atoms with Crippen LogP contribution in [0.15, 0.2) is 65.5 Å². The summed E-state index contributed by atoms with van der Waals surface area (Å²) in [5, 5.41) is 33.2. The first-order valence-corrected chi connectivity index (χ1v) is 8.19. The Bertz CT molecular complexity index is 1070. The van der Waals surface area contributed by atoms with Gasteiger partial charge in [-0.15, -0.1) is 0 Å². The molecule has 1 aromatic heterocycles. The van der Waals surface area contributed by atoms with Gasteiger partial charge < -0.3 is 20.1 Å². The lowest BCUT2D eigenvalue weighted by Gasteiger charge is -2.29. The van der Waals surface area contributed by atoms with Crippen LogP contribution in [0.5, 0.6) is 0 Å². The number of carboxylic acids is 2. The average Bonchev–Trinajstić information content (AvgIpc) is 3.19. The predicted octanol–water partition coefficient (Wildman–Crippen LogP) is 1.05. The van der Waals surface area contributed by atoms with Gasteiger partial charge in [0.15, 0.2) is 6.29 Å². The third-order valence-corrected chi connectivity index (χ3v) is 4.37. The Morgan fingerprint density at radius 3 is 2.55 bits per heavy atom. The SMILES string of the molecule is O=CC1=C(C(=O)O)C(c2cccc([N+](=O)[O-])c2)C(C(=O)O)=C(Cn2ccnc2)N1. The van der Waals surface area contributed by atoms with Crippen LogP contribution in [0.4, 0.5) is 5.69 Å². The molecule has 0 fully saturated rings. The number of dihydropyridines is 1. The number of aliphatic carboxylic acids is 2. The molecule has 0 bridgehead atoms. The summed E-state index contributed by atoms with van der Waals surface area (Å²) in [5.74, 6) is -4.34. The Balaban J connectivity index is 2.26. The number of benzene rings is 1. The van der Waals surface area contributed by atoms with Crippen molar-refractivity contribution < 1.29 is 29.5 Å². The molecular weight excluding hydrogens is 384 g/mol. The van der Waals surface area contributed by atoms with E-state index in [0.29, 0.717) is 0 Å². The van der Waals surface area contributed by atoms with Crippen LogP contribution in [0.25, 0.3) is 0 Å². The van der Waals surface area contributed by atoms with Crippen molar-refractivity contribution in [1.29, 1.82) is 0 Å². The quantitative estimate of drug-likeness (QED) is 0.351. The number of carboxylic acid groups (broad SMARTS) is 2. The van der Waals surface area contributed by atoms with Gasteiger partial charge in [0.1, 0.15) is 0 Å². The first-order chi connectivity index (χ1) is 13.8. The Morgan fingerprint density at radius 2 is 2.00 bits per heavy atom. The fourth-order valence-corrected chi connectivity index (χ4v) is 3.19. The van der Waals surface area contributed by atoms with Gasteiger partial charge in [-0.3, -0.25) is 14.9 Å². The number of rotatable bonds is 7. The summed E-state index contributed by atoms with van der Waals surface area (Å²) in [7, 11) is 0. The third kappa shape index (κ3) is 3.74. The van der Waals surface area contributed by atoms with E-state index in [1.165, 1.54) is 35.3 Å². The molecular formula is C18H14N4O7. The van der Waals surface area contributed by atoms with Crippen LogP contribution >= 0.6 is 0 Å². The summed E-state index contributed by atoms with van der Waals surface area (Å²) < 4.78 is 1.53. The lowest BCUT2D eigenvalue weighted by atomic mass is 9.80. The molecule has 0 saturated heterocycles. The van der Waals surface area contributed by atoms with Crippen LogP contribution in [0.3, 0.4) is 0 Å². The number of hydrogen-bond donors (Lipinski definition) is 3. The molecule has 1 aliphatic rings. The van der Waals surface area contributed by atoms with E-state index in [-0.39, 0.29) is 41.0 Å². The molecule has 3 N–H and O–H groups in total. The van der Waals surface area contributed by atoms with E-state index in [1.807, 2.05) is 0 Å². The van der Waals surface area contributed by atoms with Gasteiger partial charge in [0.05, 0.1) is 40.6 Å². The molecule has 1 atom stereocenters. The zero-order valence-corrected chi connectivity index (χ0v) is 14.7. The molecule has 3 rings (SSSR count). The van der Waals surface area contributed by atoms with Gasteiger partial charge in [-0.05, 0) is 5.56 Å². The van der Waals surface area contributed by atoms with Crippen molar-refractivity contribution >= 4 is 23.9 Å². The number of nitro groups is 1. The zero-order chi connectivity index (χ0) is 21.1. The topological polar surface area (TPSA) is 165 Å². The molecule has 0 aliphatic carbocycles. The number of carbonyl (C=O) groups is 3. The lowest BCUT2D eigenvalue weighted by molar-refractivity contribution is -0.384. The molecule has 2 aromatic rings. The van der Waals surface area contributed by atoms with Crippen molar-refractivity contribution in [1.82, 2.24) is 14.9 Å². The van der Waals surface area contributed by atoms with Gasteiger partial charge in [0, 0.05) is 30.2 Å². The first kappa shape index (κ1) is 19.5. The molecule has 0 saturated carbocycles. The summed E-state index contributed by atoms with van der Waals surface area (Å²) >= 11 is 0. The van der Waals surface area contributed by atoms with Gasteiger partial charge in [-0.1, -0.05) is 12.1 Å². The normalized spacial score (nSPS) is 16.3. The molecule has 0 amide bonds. The number of aldehydes is 1. The highest BCUT2D eigenvalue weighted by atomic mass is 16.6. The van der Waals surface area contributed by atoms with E-state index >= 15 is 0 Å². The maximum Gasteiger partial charge on any atom is 0.334 e. The number of nitrogens with zero attached hydrogens (tertiary/aromatic N) is 3. The first-order valence-electron chi connectivity index (χ1n) is 8.19. The van der Waals surface area contributed by atoms with Crippen LogP contribution in [-0.4, -0.2) is 42.9 Å². The number of aromatic nitrogens is 2. The van der Waals surface area contributed by atoms with Crippen LogP contribution in [0, 0.1) is 10.1 Å². The smallest absolute Gasteiger partial charge is 0.334 e. The number of nitrogens with one attached hydrogen (secondary N) is 1. The minimum atomic E-state index is -1.52. The van der Waals surface area contributed by atoms with Crippen LogP contribution in [0.2, 0.25) is 0 Å². The molecule has 29 heavy (non-hydrogen) atoms. The second kappa shape index (κ2) is 7.76. The number of imidazole rings is 1. The summed E-state index contributed by atoms with van der Waals surface area (Å²) in [6, 6.07) is 5.00. The van der Waals surface area contributed by atoms with Crippen LogP contribution < -0.4 is 5.32 Å². The summed E-state index contributed by atoms with van der Waals surface area (Å²) in [4.78, 5) is 49.9. The predicted molar refractivity (Wildman–Crippen MR) is 96.6 cm³/mol. The molecule has 0 radical (unpaired) electrons. The lowest BCUT2D eigenvalue weighted by Crippen LogP contribution is -2.34. The number of nitro benzene ring substituents is 1. The second-order valence-corrected chi connectivity index (χ2v) is 6.09. The van der Waals surface area contributed by atoms with Crippen molar-refractivity contribution in [2.24, 2.45) is 0 Å². The van der Waals surface area contributed by atoms with Crippen LogP contribution in [-0.2, 0) is 20.9 Å². The van der Waals surface area contributed by atoms with E-state index < -0.39 is 28.4 Å². The highest BCUT2D eigenvalue weighted by Gasteiger charge is 2.39. The van der Waals surface area contributed by atoms with Gasteiger partial charge in [0.25, 0.3) is 5.69 Å². The van der Waals surface area contributed by atoms with Crippen molar-refractivity contribution in [2.75, 3.05) is 0 Å². The van der Waals surface area contributed by atoms with Gasteiger partial charge in [-0.25, -0.2) is 14.6 Å². The fourth-order valence-electron chi connectivity index (χ4n) is 3.19. The Hall–Kier alpha value is -4.28. The van der Waals surface area contributed by atoms with Gasteiger partial charge >= 0.3 is 11.9 Å². The van der Waals surface area contributed by atoms with Crippen molar-refractivity contribution in [3.63, 3.8) is 0 Å². The van der Waals surface area contributed by atoms with Crippen LogP contribution in [0.1, 0.15) is 11.5 Å². The maximum atomic E-state index is 12.1. The maximum absolute atomic E-state index is 12.1. The zero-order valence-electron chi connectivity index (χ0n) is 14.7. The molecule has 2 heterocycles. The number of hydrogen-bond acceptors (Lipinski definition) is 7. The number of non-ortho nitro benzene ring substituents is 1. The highest BCUT2D eigenvalue weighted by Crippen LogP contribution is 2.39. The number of allylic oxidation sites excluding steroid dienone is 2. The Labute approximate surface area is 162 Å². The standard InChI is InChI=1S/C18H14N4O7/c23-8-13-16(18(26)27)14(10-2-1-3-11(6-10)22(28)29)15(17(24)25)12(20-13)7-21-5-4-19-9-21/h1-6,8-9,14,20H,7H2,(H,24,25)(H,26,27). The van der Waals surface area contributed by atoms with E-state index in [9.17, 15) is 34.7 Å². The van der Waals surface area contributed by atoms with Gasteiger partial charge in [-0.2, -0.15) is 0 Å². The molecule has 0 spiro atoms.